The monoisotopic (exact) mass is 217 g/mol. The summed E-state index contributed by atoms with van der Waals surface area (Å²) in [6.45, 7) is 2.06. The Bertz CT molecular complexity index is 457. The maximum Gasteiger partial charge on any atom is 0.226 e. The van der Waals surface area contributed by atoms with Crippen LogP contribution < -0.4 is 5.32 Å². The maximum absolute atomic E-state index is 11.5. The summed E-state index contributed by atoms with van der Waals surface area (Å²) in [4.78, 5) is 18.8. The summed E-state index contributed by atoms with van der Waals surface area (Å²) in [7, 11) is 0. The molecule has 0 spiro atoms. The number of imidazole rings is 1. The van der Waals surface area contributed by atoms with E-state index >= 15 is 0 Å². The highest BCUT2D eigenvalue weighted by atomic mass is 16.1. The predicted molar refractivity (Wildman–Crippen MR) is 64.2 cm³/mol. The molecule has 1 aromatic carbocycles. The normalized spacial score (nSPS) is 10.6. The average Bonchev–Trinajstić information content (AvgIpc) is 2.68. The molecule has 1 heterocycles. The number of anilines is 1. The molecule has 0 saturated heterocycles. The van der Waals surface area contributed by atoms with Crippen LogP contribution in [0.4, 0.5) is 5.95 Å². The van der Waals surface area contributed by atoms with Crippen molar-refractivity contribution in [1.82, 2.24) is 9.97 Å². The summed E-state index contributed by atoms with van der Waals surface area (Å²) >= 11 is 0. The fourth-order valence-electron chi connectivity index (χ4n) is 1.54. The lowest BCUT2D eigenvalue weighted by Crippen LogP contribution is -2.11. The van der Waals surface area contributed by atoms with Crippen molar-refractivity contribution in [2.45, 2.75) is 26.2 Å². The van der Waals surface area contributed by atoms with E-state index in [-0.39, 0.29) is 5.91 Å². The van der Waals surface area contributed by atoms with Gasteiger partial charge >= 0.3 is 0 Å². The molecule has 2 aromatic rings. The van der Waals surface area contributed by atoms with Crippen LogP contribution in [0, 0.1) is 0 Å². The number of unbranched alkanes of at least 4 members (excludes halogenated alkanes) is 1. The van der Waals surface area contributed by atoms with Gasteiger partial charge in [-0.05, 0) is 18.6 Å². The number of carbonyl (C=O) groups excluding carboxylic acids is 1. The summed E-state index contributed by atoms with van der Waals surface area (Å²) in [6, 6.07) is 7.70. The molecule has 0 unspecified atom stereocenters. The van der Waals surface area contributed by atoms with Crippen LogP contribution in [0.25, 0.3) is 11.0 Å². The van der Waals surface area contributed by atoms with Gasteiger partial charge in [0.05, 0.1) is 11.0 Å². The first-order valence-corrected chi connectivity index (χ1v) is 5.54. The minimum absolute atomic E-state index is 0.0147. The van der Waals surface area contributed by atoms with E-state index in [4.69, 9.17) is 0 Å². The third kappa shape index (κ3) is 2.39. The molecule has 0 aliphatic carbocycles. The number of H-pyrrole nitrogens is 1. The second-order valence-corrected chi connectivity index (χ2v) is 3.75. The van der Waals surface area contributed by atoms with Crippen LogP contribution in [0.15, 0.2) is 24.3 Å². The van der Waals surface area contributed by atoms with E-state index in [1.54, 1.807) is 0 Å². The summed E-state index contributed by atoms with van der Waals surface area (Å²) < 4.78 is 0. The molecule has 0 atom stereocenters. The number of hydrogen-bond acceptors (Lipinski definition) is 2. The number of aromatic amines is 1. The van der Waals surface area contributed by atoms with Gasteiger partial charge in [0, 0.05) is 6.42 Å². The van der Waals surface area contributed by atoms with E-state index in [0.29, 0.717) is 12.4 Å². The van der Waals surface area contributed by atoms with E-state index < -0.39 is 0 Å². The number of rotatable bonds is 4. The highest BCUT2D eigenvalue weighted by Crippen LogP contribution is 2.13. The van der Waals surface area contributed by atoms with E-state index in [0.717, 1.165) is 23.9 Å². The Kier molecular flexibility index (Phi) is 3.19. The third-order valence-electron chi connectivity index (χ3n) is 2.40. The molecule has 0 saturated carbocycles. The first-order valence-electron chi connectivity index (χ1n) is 5.54. The van der Waals surface area contributed by atoms with Gasteiger partial charge in [-0.2, -0.15) is 0 Å². The molecule has 0 aliphatic heterocycles. The molecule has 0 aliphatic rings. The lowest BCUT2D eigenvalue weighted by Gasteiger charge is -1.99. The highest BCUT2D eigenvalue weighted by Gasteiger charge is 2.05. The van der Waals surface area contributed by atoms with Gasteiger partial charge in [-0.3, -0.25) is 10.1 Å². The Morgan fingerprint density at radius 3 is 3.00 bits per heavy atom. The third-order valence-corrected chi connectivity index (χ3v) is 2.40. The van der Waals surface area contributed by atoms with Crippen LogP contribution in [0.5, 0.6) is 0 Å². The SMILES string of the molecule is CCCCC(=O)Nc1nc2ccccc2[nH]1. The second kappa shape index (κ2) is 4.79. The van der Waals surface area contributed by atoms with E-state index in [1.807, 2.05) is 24.3 Å². The number of nitrogens with one attached hydrogen (secondary N) is 2. The Morgan fingerprint density at radius 1 is 1.44 bits per heavy atom. The topological polar surface area (TPSA) is 57.8 Å². The van der Waals surface area contributed by atoms with Crippen molar-refractivity contribution < 1.29 is 4.79 Å². The summed E-state index contributed by atoms with van der Waals surface area (Å²) in [5.74, 6) is 0.545. The van der Waals surface area contributed by atoms with Crippen LogP contribution >= 0.6 is 0 Å². The van der Waals surface area contributed by atoms with Crippen LogP contribution in [-0.2, 0) is 4.79 Å². The molecule has 0 bridgehead atoms. The Balaban J connectivity index is 2.07. The zero-order chi connectivity index (χ0) is 11.4. The van der Waals surface area contributed by atoms with Crippen molar-refractivity contribution in [2.24, 2.45) is 0 Å². The van der Waals surface area contributed by atoms with Gasteiger partial charge in [0.1, 0.15) is 0 Å². The van der Waals surface area contributed by atoms with Crippen LogP contribution in [0.3, 0.4) is 0 Å². The Morgan fingerprint density at radius 2 is 2.25 bits per heavy atom. The summed E-state index contributed by atoms with van der Waals surface area (Å²) in [6.07, 6.45) is 2.48. The van der Waals surface area contributed by atoms with Gasteiger partial charge in [-0.25, -0.2) is 4.98 Å². The van der Waals surface area contributed by atoms with Gasteiger partial charge < -0.3 is 4.98 Å². The van der Waals surface area contributed by atoms with Gasteiger partial charge in [-0.1, -0.05) is 25.5 Å². The predicted octanol–water partition coefficient (Wildman–Crippen LogP) is 2.69. The molecule has 4 nitrogen and oxygen atoms in total. The number of para-hydroxylation sites is 2. The molecule has 16 heavy (non-hydrogen) atoms. The fraction of sp³-hybridized carbons (Fsp3) is 0.333. The molecule has 2 N–H and O–H groups in total. The molecule has 0 radical (unpaired) electrons. The highest BCUT2D eigenvalue weighted by molar-refractivity contribution is 5.90. The summed E-state index contributed by atoms with van der Waals surface area (Å²) in [5.41, 5.74) is 1.81. The van der Waals surface area contributed by atoms with Crippen LogP contribution in [-0.4, -0.2) is 15.9 Å². The second-order valence-electron chi connectivity index (χ2n) is 3.75. The van der Waals surface area contributed by atoms with Crippen molar-refractivity contribution in [3.63, 3.8) is 0 Å². The Labute approximate surface area is 94.1 Å². The van der Waals surface area contributed by atoms with Crippen molar-refractivity contribution in [1.29, 1.82) is 0 Å². The first-order chi connectivity index (χ1) is 7.79. The van der Waals surface area contributed by atoms with Crippen molar-refractivity contribution in [3.8, 4) is 0 Å². The molecular formula is C12H15N3O. The number of fused-ring (bicyclic) bond motifs is 1. The smallest absolute Gasteiger partial charge is 0.226 e. The molecular weight excluding hydrogens is 202 g/mol. The number of carbonyl (C=O) groups is 1. The van der Waals surface area contributed by atoms with E-state index in [9.17, 15) is 4.79 Å². The van der Waals surface area contributed by atoms with Gasteiger partial charge in [-0.15, -0.1) is 0 Å². The Hall–Kier alpha value is -1.84. The molecule has 1 aromatic heterocycles. The number of hydrogen-bond donors (Lipinski definition) is 2. The fourth-order valence-corrected chi connectivity index (χ4v) is 1.54. The van der Waals surface area contributed by atoms with Crippen LogP contribution in [0.1, 0.15) is 26.2 Å². The quantitative estimate of drug-likeness (QED) is 0.827. The molecule has 1 amide bonds. The minimum Gasteiger partial charge on any atom is -0.324 e. The number of aromatic nitrogens is 2. The zero-order valence-electron chi connectivity index (χ0n) is 9.29. The van der Waals surface area contributed by atoms with Gasteiger partial charge in [0.2, 0.25) is 11.9 Å². The zero-order valence-corrected chi connectivity index (χ0v) is 9.29. The van der Waals surface area contributed by atoms with Crippen molar-refractivity contribution in [3.05, 3.63) is 24.3 Å². The standard InChI is InChI=1S/C12H15N3O/c1-2-3-8-11(16)15-12-13-9-6-4-5-7-10(9)14-12/h4-7H,2-3,8H2,1H3,(H2,13,14,15,16). The lowest BCUT2D eigenvalue weighted by atomic mass is 10.2. The average molecular weight is 217 g/mol. The van der Waals surface area contributed by atoms with Crippen LogP contribution in [0.2, 0.25) is 0 Å². The number of nitrogens with zero attached hydrogens (tertiary/aromatic N) is 1. The van der Waals surface area contributed by atoms with Crippen molar-refractivity contribution >= 4 is 22.9 Å². The van der Waals surface area contributed by atoms with Gasteiger partial charge in [0.15, 0.2) is 0 Å². The van der Waals surface area contributed by atoms with Crippen molar-refractivity contribution in [2.75, 3.05) is 5.32 Å². The minimum atomic E-state index is 0.0147. The maximum atomic E-state index is 11.5. The largest absolute Gasteiger partial charge is 0.324 e. The molecule has 4 heteroatoms. The first kappa shape index (κ1) is 10.7. The molecule has 0 fully saturated rings. The van der Waals surface area contributed by atoms with Gasteiger partial charge in [0.25, 0.3) is 0 Å². The lowest BCUT2D eigenvalue weighted by molar-refractivity contribution is -0.116. The van der Waals surface area contributed by atoms with E-state index in [2.05, 4.69) is 22.2 Å². The molecule has 2 rings (SSSR count). The van der Waals surface area contributed by atoms with E-state index in [1.165, 1.54) is 0 Å². The number of benzene rings is 1. The number of amides is 1. The summed E-state index contributed by atoms with van der Waals surface area (Å²) in [5, 5.41) is 2.76. The molecule has 84 valence electrons.